The lowest BCUT2D eigenvalue weighted by molar-refractivity contribution is 0.306. The maximum Gasteiger partial charge on any atom is 0.121 e. The van der Waals surface area contributed by atoms with Gasteiger partial charge in [-0.05, 0) is 34.9 Å². The van der Waals surface area contributed by atoms with E-state index in [1.807, 2.05) is 24.3 Å². The molecule has 0 spiro atoms. The fraction of sp³-hybridized carbons (Fsp3) is 0.200. The topological polar surface area (TPSA) is 21.3 Å². The molecule has 1 heterocycles. The number of hydrogen-bond acceptors (Lipinski definition) is 2. The lowest BCUT2D eigenvalue weighted by Gasteiger charge is -2.08. The Bertz CT molecular complexity index is 568. The van der Waals surface area contributed by atoms with Crippen molar-refractivity contribution < 1.29 is 4.74 Å². The van der Waals surface area contributed by atoms with E-state index < -0.39 is 0 Å². The van der Waals surface area contributed by atoms with E-state index in [1.165, 1.54) is 16.7 Å². The van der Waals surface area contributed by atoms with Crippen molar-refractivity contribution in [3.63, 3.8) is 0 Å². The van der Waals surface area contributed by atoms with Gasteiger partial charge in [-0.25, -0.2) is 0 Å². The Morgan fingerprint density at radius 2 is 1.94 bits per heavy atom. The van der Waals surface area contributed by atoms with Gasteiger partial charge in [0.15, 0.2) is 0 Å². The van der Waals surface area contributed by atoms with Crippen molar-refractivity contribution in [2.45, 2.75) is 19.7 Å². The van der Waals surface area contributed by atoms with Crippen molar-refractivity contribution >= 4 is 11.6 Å². The molecular formula is C15H14ClNO. The van der Waals surface area contributed by atoms with Gasteiger partial charge in [-0.1, -0.05) is 35.9 Å². The van der Waals surface area contributed by atoms with Crippen molar-refractivity contribution in [3.8, 4) is 5.75 Å². The van der Waals surface area contributed by atoms with Gasteiger partial charge in [0.1, 0.15) is 12.4 Å². The van der Waals surface area contributed by atoms with Crippen molar-refractivity contribution in [2.75, 3.05) is 0 Å². The Kier molecular flexibility index (Phi) is 3.22. The van der Waals surface area contributed by atoms with Crippen LogP contribution in [0.1, 0.15) is 16.7 Å². The number of hydrogen-bond donors (Lipinski definition) is 1. The van der Waals surface area contributed by atoms with Crippen molar-refractivity contribution in [1.29, 1.82) is 0 Å². The molecule has 0 aromatic heterocycles. The summed E-state index contributed by atoms with van der Waals surface area (Å²) in [4.78, 5) is 0. The van der Waals surface area contributed by atoms with Gasteiger partial charge in [-0.2, -0.15) is 0 Å². The molecule has 0 amide bonds. The van der Waals surface area contributed by atoms with Gasteiger partial charge >= 0.3 is 0 Å². The Labute approximate surface area is 112 Å². The number of fused-ring (bicyclic) bond motifs is 1. The highest BCUT2D eigenvalue weighted by molar-refractivity contribution is 6.30. The Hall–Kier alpha value is -1.51. The molecule has 0 saturated carbocycles. The van der Waals surface area contributed by atoms with Crippen LogP contribution in [0.2, 0.25) is 5.02 Å². The second kappa shape index (κ2) is 5.01. The van der Waals surface area contributed by atoms with E-state index in [0.29, 0.717) is 11.6 Å². The van der Waals surface area contributed by atoms with Gasteiger partial charge in [0.25, 0.3) is 0 Å². The van der Waals surface area contributed by atoms with Crippen LogP contribution >= 0.6 is 11.6 Å². The first-order valence-electron chi connectivity index (χ1n) is 6.01. The van der Waals surface area contributed by atoms with Crippen LogP contribution in [0.15, 0.2) is 42.5 Å². The third-order valence-electron chi connectivity index (χ3n) is 3.10. The molecule has 3 heteroatoms. The molecule has 2 aromatic rings. The molecule has 0 aliphatic carbocycles. The zero-order valence-electron chi connectivity index (χ0n) is 9.95. The highest BCUT2D eigenvalue weighted by atomic mass is 35.5. The zero-order chi connectivity index (χ0) is 12.4. The summed E-state index contributed by atoms with van der Waals surface area (Å²) in [7, 11) is 0. The van der Waals surface area contributed by atoms with Crippen LogP contribution in [-0.2, 0) is 19.7 Å². The minimum Gasteiger partial charge on any atom is -0.489 e. The quantitative estimate of drug-likeness (QED) is 0.911. The van der Waals surface area contributed by atoms with Crippen LogP contribution in [-0.4, -0.2) is 0 Å². The minimum absolute atomic E-state index is 0.577. The number of ether oxygens (including phenoxy) is 1. The molecule has 2 nitrogen and oxygen atoms in total. The molecule has 0 unspecified atom stereocenters. The van der Waals surface area contributed by atoms with Crippen LogP contribution in [0.5, 0.6) is 5.75 Å². The van der Waals surface area contributed by atoms with Crippen LogP contribution < -0.4 is 10.1 Å². The second-order valence-electron chi connectivity index (χ2n) is 4.45. The SMILES string of the molecule is Clc1cccc(OCc2ccc3c(c2)CNC3)c1. The van der Waals surface area contributed by atoms with Crippen LogP contribution in [0.3, 0.4) is 0 Å². The normalized spacial score (nSPS) is 13.4. The van der Waals surface area contributed by atoms with Crippen LogP contribution in [0.4, 0.5) is 0 Å². The number of rotatable bonds is 3. The molecule has 0 atom stereocenters. The van der Waals surface area contributed by atoms with Gasteiger partial charge < -0.3 is 10.1 Å². The number of nitrogens with one attached hydrogen (secondary N) is 1. The van der Waals surface area contributed by atoms with E-state index >= 15 is 0 Å². The standard InChI is InChI=1S/C15H14ClNO/c16-14-2-1-3-15(7-14)18-10-11-4-5-12-8-17-9-13(12)6-11/h1-7,17H,8-10H2. The summed E-state index contributed by atoms with van der Waals surface area (Å²) in [6, 6.07) is 14.0. The van der Waals surface area contributed by atoms with Crippen LogP contribution in [0.25, 0.3) is 0 Å². The molecule has 1 aliphatic rings. The first kappa shape index (κ1) is 11.6. The molecule has 0 bridgehead atoms. The maximum absolute atomic E-state index is 5.92. The monoisotopic (exact) mass is 259 g/mol. The van der Waals surface area contributed by atoms with E-state index in [0.717, 1.165) is 18.8 Å². The first-order valence-corrected chi connectivity index (χ1v) is 6.39. The maximum atomic E-state index is 5.92. The van der Waals surface area contributed by atoms with E-state index in [-0.39, 0.29) is 0 Å². The van der Waals surface area contributed by atoms with Gasteiger partial charge in [0.05, 0.1) is 0 Å². The molecule has 2 aromatic carbocycles. The largest absolute Gasteiger partial charge is 0.489 e. The fourth-order valence-electron chi connectivity index (χ4n) is 2.16. The molecule has 92 valence electrons. The van der Waals surface area contributed by atoms with Gasteiger partial charge in [0.2, 0.25) is 0 Å². The molecular weight excluding hydrogens is 246 g/mol. The molecule has 18 heavy (non-hydrogen) atoms. The minimum atomic E-state index is 0.577. The van der Waals surface area contributed by atoms with E-state index in [2.05, 4.69) is 23.5 Å². The fourth-order valence-corrected chi connectivity index (χ4v) is 2.34. The van der Waals surface area contributed by atoms with Gasteiger partial charge in [-0.15, -0.1) is 0 Å². The van der Waals surface area contributed by atoms with Gasteiger partial charge in [-0.3, -0.25) is 0 Å². The summed E-state index contributed by atoms with van der Waals surface area (Å²) in [6.45, 7) is 2.51. The Morgan fingerprint density at radius 3 is 2.83 bits per heavy atom. The second-order valence-corrected chi connectivity index (χ2v) is 4.89. The van der Waals surface area contributed by atoms with Crippen molar-refractivity contribution in [1.82, 2.24) is 5.32 Å². The summed E-state index contributed by atoms with van der Waals surface area (Å²) < 4.78 is 5.73. The predicted octanol–water partition coefficient (Wildman–Crippen LogP) is 3.52. The van der Waals surface area contributed by atoms with Crippen molar-refractivity contribution in [2.24, 2.45) is 0 Å². The molecule has 0 radical (unpaired) electrons. The summed E-state index contributed by atoms with van der Waals surface area (Å²) in [6.07, 6.45) is 0. The Balaban J connectivity index is 1.70. The molecule has 1 N–H and O–H groups in total. The predicted molar refractivity (Wildman–Crippen MR) is 72.8 cm³/mol. The lowest BCUT2D eigenvalue weighted by atomic mass is 10.1. The number of halogens is 1. The Morgan fingerprint density at radius 1 is 1.06 bits per heavy atom. The zero-order valence-corrected chi connectivity index (χ0v) is 10.7. The number of benzene rings is 2. The molecule has 3 rings (SSSR count). The first-order chi connectivity index (χ1) is 8.81. The lowest BCUT2D eigenvalue weighted by Crippen LogP contribution is -2.00. The third-order valence-corrected chi connectivity index (χ3v) is 3.34. The average molecular weight is 260 g/mol. The summed E-state index contributed by atoms with van der Waals surface area (Å²) in [5, 5.41) is 4.04. The molecule has 1 aliphatic heterocycles. The van der Waals surface area contributed by atoms with Crippen LogP contribution in [0, 0.1) is 0 Å². The van der Waals surface area contributed by atoms with E-state index in [1.54, 1.807) is 0 Å². The van der Waals surface area contributed by atoms with Crippen molar-refractivity contribution in [3.05, 3.63) is 64.2 Å². The molecule has 0 saturated heterocycles. The average Bonchev–Trinajstić information content (AvgIpc) is 2.84. The smallest absolute Gasteiger partial charge is 0.121 e. The summed E-state index contributed by atoms with van der Waals surface area (Å²) >= 11 is 5.92. The highest BCUT2D eigenvalue weighted by Crippen LogP contribution is 2.20. The van der Waals surface area contributed by atoms with E-state index in [4.69, 9.17) is 16.3 Å². The summed E-state index contributed by atoms with van der Waals surface area (Å²) in [5.74, 6) is 0.807. The van der Waals surface area contributed by atoms with Gasteiger partial charge in [0, 0.05) is 18.1 Å². The summed E-state index contributed by atoms with van der Waals surface area (Å²) in [5.41, 5.74) is 3.96. The highest BCUT2D eigenvalue weighted by Gasteiger charge is 2.10. The molecule has 0 fully saturated rings. The van der Waals surface area contributed by atoms with E-state index in [9.17, 15) is 0 Å². The third kappa shape index (κ3) is 2.50.